The monoisotopic (exact) mass is 204 g/mol. The van der Waals surface area contributed by atoms with Crippen molar-refractivity contribution in [2.75, 3.05) is 13.2 Å². The molecule has 1 saturated carbocycles. The lowest BCUT2D eigenvalue weighted by molar-refractivity contribution is 0.261. The van der Waals surface area contributed by atoms with E-state index in [0.717, 1.165) is 18.3 Å². The Hall–Kier alpha value is -1.02. The van der Waals surface area contributed by atoms with E-state index in [1.165, 1.54) is 24.0 Å². The van der Waals surface area contributed by atoms with Crippen LogP contribution in [0.3, 0.4) is 0 Å². The third kappa shape index (κ3) is 2.15. The summed E-state index contributed by atoms with van der Waals surface area (Å²) in [5, 5.41) is 0. The topological polar surface area (TPSA) is 21.8 Å². The van der Waals surface area contributed by atoms with Gasteiger partial charge in [0.25, 0.3) is 0 Å². The van der Waals surface area contributed by atoms with E-state index in [2.05, 4.69) is 25.1 Å². The second kappa shape index (κ2) is 3.53. The first kappa shape index (κ1) is 9.22. The second-order valence-electron chi connectivity index (χ2n) is 4.58. The fourth-order valence-electron chi connectivity index (χ4n) is 1.85. The summed E-state index contributed by atoms with van der Waals surface area (Å²) in [4.78, 5) is 0. The first-order valence-electron chi connectivity index (χ1n) is 5.68. The van der Waals surface area contributed by atoms with Gasteiger partial charge < -0.3 is 9.47 Å². The summed E-state index contributed by atoms with van der Waals surface area (Å²) in [5.41, 5.74) is 2.66. The van der Waals surface area contributed by atoms with Gasteiger partial charge in [-0.2, -0.15) is 0 Å². The minimum atomic E-state index is 0.345. The summed E-state index contributed by atoms with van der Waals surface area (Å²) >= 11 is 0. The molecule has 2 aliphatic rings. The van der Waals surface area contributed by atoms with Crippen molar-refractivity contribution in [3.8, 4) is 5.75 Å². The van der Waals surface area contributed by atoms with E-state index in [9.17, 15) is 0 Å². The van der Waals surface area contributed by atoms with Gasteiger partial charge in [-0.05, 0) is 42.9 Å². The van der Waals surface area contributed by atoms with E-state index in [4.69, 9.17) is 9.47 Å². The molecule has 0 unspecified atom stereocenters. The Balaban J connectivity index is 1.78. The molecule has 0 radical (unpaired) electrons. The molecule has 1 aliphatic heterocycles. The predicted octanol–water partition coefficient (Wildman–Crippen LogP) is 2.65. The highest BCUT2D eigenvalue weighted by atomic mass is 16.6. The molecular formula is C13H16O2. The molecule has 1 heterocycles. The fraction of sp³-hybridized carbons (Fsp3) is 0.538. The molecule has 3 rings (SSSR count). The van der Waals surface area contributed by atoms with Crippen LogP contribution in [0.5, 0.6) is 5.75 Å². The Bertz CT molecular complexity index is 365. The largest absolute Gasteiger partial charge is 0.490 e. The normalized spacial score (nSPS) is 23.9. The highest BCUT2D eigenvalue weighted by Crippen LogP contribution is 2.44. The van der Waals surface area contributed by atoms with E-state index in [0.29, 0.717) is 12.7 Å². The Morgan fingerprint density at radius 3 is 2.87 bits per heavy atom. The molecule has 0 amide bonds. The molecule has 1 aromatic carbocycles. The quantitative estimate of drug-likeness (QED) is 0.703. The molecular weight excluding hydrogens is 188 g/mol. The molecule has 2 nitrogen and oxygen atoms in total. The summed E-state index contributed by atoms with van der Waals surface area (Å²) in [6.07, 6.45) is 2.98. The SMILES string of the molecule is Cc1ccc(C2CC2)c(OC[C@@H]2CO2)c1. The Labute approximate surface area is 90.2 Å². The molecule has 2 fully saturated rings. The fourth-order valence-corrected chi connectivity index (χ4v) is 1.85. The molecule has 15 heavy (non-hydrogen) atoms. The van der Waals surface area contributed by atoms with Crippen LogP contribution in [-0.2, 0) is 4.74 Å². The first-order chi connectivity index (χ1) is 7.33. The van der Waals surface area contributed by atoms with Crippen LogP contribution >= 0.6 is 0 Å². The van der Waals surface area contributed by atoms with Gasteiger partial charge in [-0.1, -0.05) is 12.1 Å². The smallest absolute Gasteiger partial charge is 0.123 e. The molecule has 1 aromatic rings. The van der Waals surface area contributed by atoms with Crippen LogP contribution in [0.4, 0.5) is 0 Å². The molecule has 0 N–H and O–H groups in total. The second-order valence-corrected chi connectivity index (χ2v) is 4.58. The Morgan fingerprint density at radius 1 is 1.40 bits per heavy atom. The van der Waals surface area contributed by atoms with Gasteiger partial charge in [0.1, 0.15) is 18.5 Å². The van der Waals surface area contributed by atoms with Gasteiger partial charge in [0, 0.05) is 0 Å². The van der Waals surface area contributed by atoms with Crippen molar-refractivity contribution in [1.82, 2.24) is 0 Å². The van der Waals surface area contributed by atoms with E-state index in [1.807, 2.05) is 0 Å². The van der Waals surface area contributed by atoms with E-state index in [1.54, 1.807) is 0 Å². The van der Waals surface area contributed by atoms with E-state index < -0.39 is 0 Å². The Morgan fingerprint density at radius 2 is 2.20 bits per heavy atom. The highest BCUT2D eigenvalue weighted by molar-refractivity contribution is 5.41. The van der Waals surface area contributed by atoms with Gasteiger partial charge in [0.15, 0.2) is 0 Å². The number of ether oxygens (including phenoxy) is 2. The van der Waals surface area contributed by atoms with Crippen LogP contribution < -0.4 is 4.74 Å². The number of epoxide rings is 1. The maximum Gasteiger partial charge on any atom is 0.123 e. The zero-order valence-corrected chi connectivity index (χ0v) is 9.03. The molecule has 1 atom stereocenters. The third-order valence-electron chi connectivity index (χ3n) is 3.01. The van der Waals surface area contributed by atoms with Crippen molar-refractivity contribution in [2.45, 2.75) is 31.8 Å². The molecule has 0 aromatic heterocycles. The van der Waals surface area contributed by atoms with Crippen LogP contribution in [0.2, 0.25) is 0 Å². The summed E-state index contributed by atoms with van der Waals surface area (Å²) in [5.74, 6) is 1.83. The molecule has 1 saturated heterocycles. The lowest BCUT2D eigenvalue weighted by Gasteiger charge is -2.10. The number of rotatable bonds is 4. The van der Waals surface area contributed by atoms with Crippen molar-refractivity contribution in [1.29, 1.82) is 0 Å². The lowest BCUT2D eigenvalue weighted by atomic mass is 10.1. The maximum absolute atomic E-state index is 5.82. The molecule has 2 heteroatoms. The molecule has 0 spiro atoms. The van der Waals surface area contributed by atoms with Gasteiger partial charge in [-0.25, -0.2) is 0 Å². The van der Waals surface area contributed by atoms with Crippen LogP contribution in [0.25, 0.3) is 0 Å². The van der Waals surface area contributed by atoms with Crippen molar-refractivity contribution in [2.24, 2.45) is 0 Å². The highest BCUT2D eigenvalue weighted by Gasteiger charge is 2.28. The molecule has 0 bridgehead atoms. The predicted molar refractivity (Wildman–Crippen MR) is 58.4 cm³/mol. The summed E-state index contributed by atoms with van der Waals surface area (Å²) in [6, 6.07) is 6.54. The zero-order chi connectivity index (χ0) is 10.3. The van der Waals surface area contributed by atoms with Gasteiger partial charge >= 0.3 is 0 Å². The van der Waals surface area contributed by atoms with Crippen LogP contribution in [0.15, 0.2) is 18.2 Å². The van der Waals surface area contributed by atoms with Crippen molar-refractivity contribution < 1.29 is 9.47 Å². The summed E-state index contributed by atoms with van der Waals surface area (Å²) in [6.45, 7) is 3.69. The van der Waals surface area contributed by atoms with Crippen LogP contribution in [-0.4, -0.2) is 19.3 Å². The average molecular weight is 204 g/mol. The summed E-state index contributed by atoms with van der Waals surface area (Å²) < 4.78 is 11.0. The van der Waals surface area contributed by atoms with Crippen molar-refractivity contribution >= 4 is 0 Å². The van der Waals surface area contributed by atoms with Gasteiger partial charge in [-0.3, -0.25) is 0 Å². The number of aryl methyl sites for hydroxylation is 1. The van der Waals surface area contributed by atoms with Gasteiger partial charge in [0.2, 0.25) is 0 Å². The van der Waals surface area contributed by atoms with Gasteiger partial charge in [0.05, 0.1) is 6.61 Å². The lowest BCUT2D eigenvalue weighted by Crippen LogP contribution is -2.05. The third-order valence-corrected chi connectivity index (χ3v) is 3.01. The molecule has 1 aliphatic carbocycles. The van der Waals surface area contributed by atoms with E-state index in [-0.39, 0.29) is 0 Å². The average Bonchev–Trinajstić information content (AvgIpc) is 3.08. The van der Waals surface area contributed by atoms with Crippen LogP contribution in [0, 0.1) is 6.92 Å². The van der Waals surface area contributed by atoms with Crippen molar-refractivity contribution in [3.63, 3.8) is 0 Å². The minimum Gasteiger partial charge on any atom is -0.490 e. The Kier molecular flexibility index (Phi) is 2.17. The standard InChI is InChI=1S/C13H16O2/c1-9-2-5-12(10-3-4-10)13(6-9)15-8-11-7-14-11/h2,5-6,10-11H,3-4,7-8H2,1H3/t11-/m0/s1. The summed E-state index contributed by atoms with van der Waals surface area (Å²) in [7, 11) is 0. The first-order valence-corrected chi connectivity index (χ1v) is 5.68. The minimum absolute atomic E-state index is 0.345. The maximum atomic E-state index is 5.82. The van der Waals surface area contributed by atoms with Gasteiger partial charge in [-0.15, -0.1) is 0 Å². The number of hydrogen-bond donors (Lipinski definition) is 0. The molecule has 80 valence electrons. The van der Waals surface area contributed by atoms with Crippen LogP contribution in [0.1, 0.15) is 29.9 Å². The van der Waals surface area contributed by atoms with Crippen molar-refractivity contribution in [3.05, 3.63) is 29.3 Å². The van der Waals surface area contributed by atoms with E-state index >= 15 is 0 Å². The number of benzene rings is 1. The zero-order valence-electron chi connectivity index (χ0n) is 9.03. The number of hydrogen-bond acceptors (Lipinski definition) is 2.